The number of aromatic nitrogens is 2. The zero-order valence-electron chi connectivity index (χ0n) is 16.0. The summed E-state index contributed by atoms with van der Waals surface area (Å²) in [4.78, 5) is 38.2. The maximum atomic E-state index is 13.1. The summed E-state index contributed by atoms with van der Waals surface area (Å²) in [6, 6.07) is 8.08. The van der Waals surface area contributed by atoms with Crippen molar-refractivity contribution in [3.8, 4) is 6.07 Å². The van der Waals surface area contributed by atoms with Gasteiger partial charge in [0.25, 0.3) is 11.5 Å². The van der Waals surface area contributed by atoms with Crippen LogP contribution in [0.4, 0.5) is 0 Å². The largest absolute Gasteiger partial charge is 0.467 e. The van der Waals surface area contributed by atoms with E-state index in [1.165, 1.54) is 28.3 Å². The smallest absolute Gasteiger partial charge is 0.331 e. The third-order valence-corrected chi connectivity index (χ3v) is 4.83. The van der Waals surface area contributed by atoms with Crippen LogP contribution in [0.25, 0.3) is 0 Å². The number of aryl methyl sites for hydroxylation is 1. The molecule has 1 aliphatic rings. The third-order valence-electron chi connectivity index (χ3n) is 4.83. The van der Waals surface area contributed by atoms with Gasteiger partial charge in [0.05, 0.1) is 12.5 Å². The van der Waals surface area contributed by atoms with E-state index in [1.807, 2.05) is 0 Å². The van der Waals surface area contributed by atoms with Crippen LogP contribution in [0.3, 0.4) is 0 Å². The summed E-state index contributed by atoms with van der Waals surface area (Å²) in [5.74, 6) is 0.437. The number of nitrogens with zero attached hydrogens (tertiary/aromatic N) is 5. The van der Waals surface area contributed by atoms with E-state index in [0.29, 0.717) is 23.7 Å². The van der Waals surface area contributed by atoms with Crippen LogP contribution in [0.1, 0.15) is 36.5 Å². The predicted molar refractivity (Wildman–Crippen MR) is 104 cm³/mol. The van der Waals surface area contributed by atoms with Crippen molar-refractivity contribution < 1.29 is 13.6 Å². The number of amides is 1. The van der Waals surface area contributed by atoms with Crippen molar-refractivity contribution in [2.75, 3.05) is 0 Å². The molecule has 0 bridgehead atoms. The SMILES string of the molecule is CCn1cc(C#N)c(=O)n(CC(=O)N2N=C(c3ccco3)CC2c2ccco2)c1=O. The molecule has 0 aliphatic carbocycles. The highest BCUT2D eigenvalue weighted by Gasteiger charge is 2.36. The Balaban J connectivity index is 1.72. The van der Waals surface area contributed by atoms with Crippen LogP contribution < -0.4 is 11.2 Å². The molecule has 4 heterocycles. The summed E-state index contributed by atoms with van der Waals surface area (Å²) in [7, 11) is 0. The molecular formula is C20H17N5O5. The number of hydrogen-bond donors (Lipinski definition) is 0. The molecule has 10 nitrogen and oxygen atoms in total. The van der Waals surface area contributed by atoms with Gasteiger partial charge in [0.1, 0.15) is 41.5 Å². The Bertz CT molecular complexity index is 1260. The van der Waals surface area contributed by atoms with Gasteiger partial charge in [0.2, 0.25) is 0 Å². The highest BCUT2D eigenvalue weighted by atomic mass is 16.3. The first-order chi connectivity index (χ1) is 14.5. The summed E-state index contributed by atoms with van der Waals surface area (Å²) < 4.78 is 12.8. The second-order valence-electron chi connectivity index (χ2n) is 6.61. The van der Waals surface area contributed by atoms with E-state index in [-0.39, 0.29) is 12.1 Å². The van der Waals surface area contributed by atoms with Crippen molar-refractivity contribution in [3.05, 3.63) is 80.9 Å². The zero-order chi connectivity index (χ0) is 21.3. The summed E-state index contributed by atoms with van der Waals surface area (Å²) in [5, 5.41) is 14.7. The predicted octanol–water partition coefficient (Wildman–Crippen LogP) is 1.47. The van der Waals surface area contributed by atoms with E-state index in [4.69, 9.17) is 8.83 Å². The molecule has 1 unspecified atom stereocenters. The highest BCUT2D eigenvalue weighted by molar-refractivity contribution is 6.01. The van der Waals surface area contributed by atoms with Crippen LogP contribution in [-0.2, 0) is 17.9 Å². The average molecular weight is 407 g/mol. The van der Waals surface area contributed by atoms with Crippen LogP contribution in [0.5, 0.6) is 0 Å². The Kier molecular flexibility index (Phi) is 4.93. The van der Waals surface area contributed by atoms with E-state index in [0.717, 1.165) is 4.57 Å². The lowest BCUT2D eigenvalue weighted by Gasteiger charge is -2.20. The molecule has 0 fully saturated rings. The van der Waals surface area contributed by atoms with Crippen LogP contribution in [0.2, 0.25) is 0 Å². The standard InChI is InChI=1S/C20H17N5O5/c1-2-23-11-13(10-21)19(27)24(20(23)28)12-18(26)25-15(17-6-4-8-30-17)9-14(22-25)16-5-3-7-29-16/h3-8,11,15H,2,9,12H2,1H3. The fourth-order valence-electron chi connectivity index (χ4n) is 3.34. The summed E-state index contributed by atoms with van der Waals surface area (Å²) >= 11 is 0. The Morgan fingerprint density at radius 3 is 2.67 bits per heavy atom. The molecule has 0 saturated carbocycles. The Hall–Kier alpha value is -4.13. The normalized spacial score (nSPS) is 15.8. The second-order valence-corrected chi connectivity index (χ2v) is 6.61. The molecule has 0 saturated heterocycles. The van der Waals surface area contributed by atoms with E-state index in [2.05, 4.69) is 5.10 Å². The van der Waals surface area contributed by atoms with Crippen molar-refractivity contribution in [2.45, 2.75) is 32.5 Å². The molecule has 0 radical (unpaired) electrons. The number of carbonyl (C=O) groups excluding carboxylic acids is 1. The number of furan rings is 2. The Labute approximate surface area is 169 Å². The van der Waals surface area contributed by atoms with Crippen molar-refractivity contribution in [3.63, 3.8) is 0 Å². The first-order valence-electron chi connectivity index (χ1n) is 9.24. The van der Waals surface area contributed by atoms with Gasteiger partial charge in [-0.1, -0.05) is 0 Å². The monoisotopic (exact) mass is 407 g/mol. The van der Waals surface area contributed by atoms with E-state index < -0.39 is 29.7 Å². The van der Waals surface area contributed by atoms with Crippen LogP contribution >= 0.6 is 0 Å². The molecule has 0 spiro atoms. The lowest BCUT2D eigenvalue weighted by Crippen LogP contribution is -2.44. The molecule has 0 N–H and O–H groups in total. The van der Waals surface area contributed by atoms with Gasteiger partial charge >= 0.3 is 5.69 Å². The van der Waals surface area contributed by atoms with Gasteiger partial charge < -0.3 is 8.83 Å². The van der Waals surface area contributed by atoms with Gasteiger partial charge in [-0.05, 0) is 31.2 Å². The fraction of sp³-hybridized carbons (Fsp3) is 0.250. The molecule has 0 aromatic carbocycles. The third kappa shape index (κ3) is 3.26. The maximum Gasteiger partial charge on any atom is 0.331 e. The lowest BCUT2D eigenvalue weighted by molar-refractivity contribution is -0.134. The number of carbonyl (C=O) groups is 1. The van der Waals surface area contributed by atoms with Crippen molar-refractivity contribution in [1.82, 2.24) is 14.1 Å². The average Bonchev–Trinajstić information content (AvgIpc) is 3.51. The first kappa shape index (κ1) is 19.2. The van der Waals surface area contributed by atoms with Crippen LogP contribution in [0, 0.1) is 11.3 Å². The summed E-state index contributed by atoms with van der Waals surface area (Å²) in [6.45, 7) is 1.40. The lowest BCUT2D eigenvalue weighted by atomic mass is 10.1. The Morgan fingerprint density at radius 1 is 1.27 bits per heavy atom. The molecule has 10 heteroatoms. The molecule has 4 rings (SSSR count). The van der Waals surface area contributed by atoms with E-state index in [9.17, 15) is 19.6 Å². The zero-order valence-corrected chi connectivity index (χ0v) is 16.0. The number of rotatable bonds is 5. The van der Waals surface area contributed by atoms with E-state index >= 15 is 0 Å². The van der Waals surface area contributed by atoms with Gasteiger partial charge in [-0.3, -0.25) is 14.2 Å². The first-order valence-corrected chi connectivity index (χ1v) is 9.24. The maximum absolute atomic E-state index is 13.1. The fourth-order valence-corrected chi connectivity index (χ4v) is 3.34. The summed E-state index contributed by atoms with van der Waals surface area (Å²) in [6.07, 6.45) is 4.54. The van der Waals surface area contributed by atoms with Crippen molar-refractivity contribution in [1.29, 1.82) is 5.26 Å². The van der Waals surface area contributed by atoms with Crippen LogP contribution in [-0.4, -0.2) is 25.8 Å². The van der Waals surface area contributed by atoms with Gasteiger partial charge in [-0.2, -0.15) is 10.4 Å². The van der Waals surface area contributed by atoms with Gasteiger partial charge in [-0.15, -0.1) is 0 Å². The summed E-state index contributed by atoms with van der Waals surface area (Å²) in [5.41, 5.74) is -1.16. The number of nitriles is 1. The van der Waals surface area contributed by atoms with Gasteiger partial charge in [0.15, 0.2) is 0 Å². The molecular weight excluding hydrogens is 390 g/mol. The molecule has 1 amide bonds. The van der Waals surface area contributed by atoms with Gasteiger partial charge in [0, 0.05) is 19.2 Å². The molecule has 3 aromatic heterocycles. The quantitative estimate of drug-likeness (QED) is 0.630. The van der Waals surface area contributed by atoms with E-state index in [1.54, 1.807) is 37.3 Å². The minimum absolute atomic E-state index is 0.215. The molecule has 1 atom stereocenters. The van der Waals surface area contributed by atoms with Crippen molar-refractivity contribution >= 4 is 11.6 Å². The van der Waals surface area contributed by atoms with Crippen molar-refractivity contribution in [2.24, 2.45) is 5.10 Å². The Morgan fingerprint density at radius 2 is 2.03 bits per heavy atom. The molecule has 152 valence electrons. The minimum Gasteiger partial charge on any atom is -0.467 e. The number of hydrogen-bond acceptors (Lipinski definition) is 7. The topological polar surface area (TPSA) is 127 Å². The molecule has 3 aromatic rings. The van der Waals surface area contributed by atoms with Gasteiger partial charge in [-0.25, -0.2) is 14.4 Å². The molecule has 1 aliphatic heterocycles. The minimum atomic E-state index is -0.815. The second kappa shape index (κ2) is 7.71. The molecule has 30 heavy (non-hydrogen) atoms. The van der Waals surface area contributed by atoms with Crippen LogP contribution in [0.15, 0.2) is 66.5 Å². The highest BCUT2D eigenvalue weighted by Crippen LogP contribution is 2.33. The number of hydrazone groups is 1.